The minimum atomic E-state index is -0.299. The number of hydrogen-bond acceptors (Lipinski definition) is 3. The highest BCUT2D eigenvalue weighted by Crippen LogP contribution is 2.30. The molecule has 0 saturated heterocycles. The molecule has 0 bridgehead atoms. The fraction of sp³-hybridized carbons (Fsp3) is 0.588. The van der Waals surface area contributed by atoms with Crippen molar-refractivity contribution in [1.29, 1.82) is 0 Å². The van der Waals surface area contributed by atoms with E-state index in [0.29, 0.717) is 18.1 Å². The first-order chi connectivity index (χ1) is 9.76. The molecule has 1 atom stereocenters. The molecule has 0 heterocycles. The Morgan fingerprint density at radius 2 is 2.05 bits per heavy atom. The van der Waals surface area contributed by atoms with Gasteiger partial charge in [0.2, 0.25) is 0 Å². The summed E-state index contributed by atoms with van der Waals surface area (Å²) >= 11 is 0. The lowest BCUT2D eigenvalue weighted by Crippen LogP contribution is -2.34. The summed E-state index contributed by atoms with van der Waals surface area (Å²) in [4.78, 5) is 12.7. The predicted octanol–water partition coefficient (Wildman–Crippen LogP) is 3.86. The molecule has 0 amide bonds. The number of rotatable bonds is 6. The Morgan fingerprint density at radius 3 is 2.70 bits per heavy atom. The van der Waals surface area contributed by atoms with Gasteiger partial charge in [0, 0.05) is 12.2 Å². The third kappa shape index (κ3) is 3.60. The van der Waals surface area contributed by atoms with E-state index in [1.807, 2.05) is 25.1 Å². The van der Waals surface area contributed by atoms with Gasteiger partial charge < -0.3 is 9.47 Å². The maximum absolute atomic E-state index is 12.7. The van der Waals surface area contributed by atoms with Gasteiger partial charge in [-0.3, -0.25) is 4.79 Å². The van der Waals surface area contributed by atoms with E-state index in [0.717, 1.165) is 18.6 Å². The second kappa shape index (κ2) is 7.44. The molecular weight excluding hydrogens is 252 g/mol. The van der Waals surface area contributed by atoms with Crippen LogP contribution in [0.3, 0.4) is 0 Å². The average Bonchev–Trinajstić information content (AvgIpc) is 2.53. The van der Waals surface area contributed by atoms with Gasteiger partial charge in [0.05, 0.1) is 7.11 Å². The summed E-state index contributed by atoms with van der Waals surface area (Å²) < 4.78 is 11.0. The van der Waals surface area contributed by atoms with Crippen LogP contribution in [0.4, 0.5) is 0 Å². The summed E-state index contributed by atoms with van der Waals surface area (Å²) in [6.45, 7) is 2.53. The van der Waals surface area contributed by atoms with Gasteiger partial charge in [-0.05, 0) is 37.8 Å². The van der Waals surface area contributed by atoms with E-state index in [1.165, 1.54) is 19.3 Å². The first kappa shape index (κ1) is 15.0. The van der Waals surface area contributed by atoms with Crippen LogP contribution < -0.4 is 4.74 Å². The lowest BCUT2D eigenvalue weighted by Gasteiger charge is -2.29. The van der Waals surface area contributed by atoms with E-state index in [9.17, 15) is 4.79 Å². The third-order valence-corrected chi connectivity index (χ3v) is 4.04. The summed E-state index contributed by atoms with van der Waals surface area (Å²) in [5.41, 5.74) is 0.688. The molecule has 2 rings (SSSR count). The Bertz CT molecular complexity index is 436. The van der Waals surface area contributed by atoms with Crippen LogP contribution in [0.5, 0.6) is 5.75 Å². The van der Waals surface area contributed by atoms with Gasteiger partial charge in [-0.15, -0.1) is 0 Å². The second-order valence-electron chi connectivity index (χ2n) is 5.37. The number of benzene rings is 1. The molecule has 1 fully saturated rings. The average molecular weight is 276 g/mol. The van der Waals surface area contributed by atoms with Crippen molar-refractivity contribution in [3.05, 3.63) is 29.8 Å². The van der Waals surface area contributed by atoms with E-state index >= 15 is 0 Å². The maximum Gasteiger partial charge on any atom is 0.191 e. The number of Topliss-reactive ketones (excluding diaryl/α,β-unsaturated/α-hetero) is 1. The zero-order valence-corrected chi connectivity index (χ0v) is 12.4. The highest BCUT2D eigenvalue weighted by Gasteiger charge is 2.30. The van der Waals surface area contributed by atoms with Gasteiger partial charge in [0.15, 0.2) is 5.78 Å². The van der Waals surface area contributed by atoms with Crippen molar-refractivity contribution >= 4 is 5.78 Å². The quantitative estimate of drug-likeness (QED) is 0.740. The topological polar surface area (TPSA) is 35.5 Å². The van der Waals surface area contributed by atoms with Crippen molar-refractivity contribution in [3.8, 4) is 5.75 Å². The molecule has 0 N–H and O–H groups in total. The lowest BCUT2D eigenvalue weighted by atomic mass is 9.82. The number of carbonyl (C=O) groups excluding carboxylic acids is 1. The molecule has 1 aliphatic rings. The highest BCUT2D eigenvalue weighted by atomic mass is 16.5. The fourth-order valence-corrected chi connectivity index (χ4v) is 2.98. The van der Waals surface area contributed by atoms with Crippen LogP contribution in [0.25, 0.3) is 0 Å². The standard InChI is InChI=1S/C17H24O3/c1-3-20-17(13-8-5-4-6-9-13)16(18)14-10-7-11-15(12-14)19-2/h7,10-13,17H,3-6,8-9H2,1-2H3. The van der Waals surface area contributed by atoms with Crippen molar-refractivity contribution in [3.63, 3.8) is 0 Å². The van der Waals surface area contributed by atoms with E-state index in [2.05, 4.69) is 0 Å². The molecule has 1 saturated carbocycles. The number of methoxy groups -OCH3 is 1. The Morgan fingerprint density at radius 1 is 1.30 bits per heavy atom. The van der Waals surface area contributed by atoms with Crippen LogP contribution in [0.2, 0.25) is 0 Å². The van der Waals surface area contributed by atoms with Crippen LogP contribution in [-0.4, -0.2) is 25.6 Å². The number of hydrogen-bond donors (Lipinski definition) is 0. The zero-order chi connectivity index (χ0) is 14.4. The van der Waals surface area contributed by atoms with Gasteiger partial charge in [-0.2, -0.15) is 0 Å². The Hall–Kier alpha value is -1.35. The first-order valence-electron chi connectivity index (χ1n) is 7.56. The molecule has 20 heavy (non-hydrogen) atoms. The summed E-state index contributed by atoms with van der Waals surface area (Å²) in [6.07, 6.45) is 5.59. The predicted molar refractivity (Wildman–Crippen MR) is 79.3 cm³/mol. The third-order valence-electron chi connectivity index (χ3n) is 4.04. The molecule has 1 aromatic rings. The van der Waals surface area contributed by atoms with Crippen molar-refractivity contribution in [2.45, 2.75) is 45.1 Å². The smallest absolute Gasteiger partial charge is 0.191 e. The van der Waals surface area contributed by atoms with E-state index < -0.39 is 0 Å². The SMILES string of the molecule is CCOC(C(=O)c1cccc(OC)c1)C1CCCCC1. The molecule has 3 heteroatoms. The summed E-state index contributed by atoms with van der Waals surface area (Å²) in [5, 5.41) is 0. The van der Waals surface area contributed by atoms with Gasteiger partial charge in [0.25, 0.3) is 0 Å². The van der Waals surface area contributed by atoms with Crippen LogP contribution in [0.1, 0.15) is 49.4 Å². The summed E-state index contributed by atoms with van der Waals surface area (Å²) in [7, 11) is 1.62. The number of ketones is 1. The summed E-state index contributed by atoms with van der Waals surface area (Å²) in [5.74, 6) is 1.18. The molecule has 1 aliphatic carbocycles. The molecule has 0 spiro atoms. The number of carbonyl (C=O) groups is 1. The van der Waals surface area contributed by atoms with Crippen LogP contribution in [0.15, 0.2) is 24.3 Å². The fourth-order valence-electron chi connectivity index (χ4n) is 2.98. The largest absolute Gasteiger partial charge is 0.497 e. The first-order valence-corrected chi connectivity index (χ1v) is 7.56. The van der Waals surface area contributed by atoms with E-state index in [4.69, 9.17) is 9.47 Å². The van der Waals surface area contributed by atoms with Crippen LogP contribution in [0, 0.1) is 5.92 Å². The minimum Gasteiger partial charge on any atom is -0.497 e. The van der Waals surface area contributed by atoms with Crippen LogP contribution >= 0.6 is 0 Å². The van der Waals surface area contributed by atoms with E-state index in [1.54, 1.807) is 13.2 Å². The number of ether oxygens (including phenoxy) is 2. The molecule has 110 valence electrons. The van der Waals surface area contributed by atoms with Crippen molar-refractivity contribution < 1.29 is 14.3 Å². The van der Waals surface area contributed by atoms with Gasteiger partial charge >= 0.3 is 0 Å². The van der Waals surface area contributed by atoms with Crippen molar-refractivity contribution in [2.75, 3.05) is 13.7 Å². The Balaban J connectivity index is 2.16. The second-order valence-corrected chi connectivity index (χ2v) is 5.37. The van der Waals surface area contributed by atoms with Gasteiger partial charge in [0.1, 0.15) is 11.9 Å². The summed E-state index contributed by atoms with van der Waals surface area (Å²) in [6, 6.07) is 7.36. The van der Waals surface area contributed by atoms with Crippen molar-refractivity contribution in [2.24, 2.45) is 5.92 Å². The molecular formula is C17H24O3. The van der Waals surface area contributed by atoms with Gasteiger partial charge in [-0.25, -0.2) is 0 Å². The molecule has 1 aromatic carbocycles. The molecule has 1 unspecified atom stereocenters. The highest BCUT2D eigenvalue weighted by molar-refractivity contribution is 6.00. The molecule has 0 aromatic heterocycles. The maximum atomic E-state index is 12.7. The van der Waals surface area contributed by atoms with Gasteiger partial charge in [-0.1, -0.05) is 31.4 Å². The monoisotopic (exact) mass is 276 g/mol. The van der Waals surface area contributed by atoms with Crippen LogP contribution in [-0.2, 0) is 4.74 Å². The Labute approximate surface area is 121 Å². The minimum absolute atomic E-state index is 0.0950. The molecule has 0 radical (unpaired) electrons. The van der Waals surface area contributed by atoms with Crippen molar-refractivity contribution in [1.82, 2.24) is 0 Å². The van der Waals surface area contributed by atoms with E-state index in [-0.39, 0.29) is 11.9 Å². The molecule has 0 aliphatic heterocycles. The normalized spacial score (nSPS) is 17.7. The molecule has 3 nitrogen and oxygen atoms in total. The zero-order valence-electron chi connectivity index (χ0n) is 12.4. The Kier molecular flexibility index (Phi) is 5.60. The lowest BCUT2D eigenvalue weighted by molar-refractivity contribution is 0.0126.